The van der Waals surface area contributed by atoms with E-state index in [4.69, 9.17) is 5.84 Å². The van der Waals surface area contributed by atoms with Gasteiger partial charge in [0.1, 0.15) is 17.3 Å². The molecule has 0 bridgehead atoms. The Morgan fingerprint density at radius 3 is 2.84 bits per heavy atom. The molecule has 0 radical (unpaired) electrons. The maximum atomic E-state index is 11.9. The summed E-state index contributed by atoms with van der Waals surface area (Å²) >= 11 is 1.41. The summed E-state index contributed by atoms with van der Waals surface area (Å²) in [6.07, 6.45) is -4.12. The van der Waals surface area contributed by atoms with Crippen LogP contribution < -0.4 is 11.3 Å². The highest BCUT2D eigenvalue weighted by molar-refractivity contribution is 7.16. The van der Waals surface area contributed by atoms with Gasteiger partial charge in [0, 0.05) is 6.42 Å². The van der Waals surface area contributed by atoms with Crippen LogP contribution in [0.15, 0.2) is 11.4 Å². The van der Waals surface area contributed by atoms with Crippen molar-refractivity contribution in [2.75, 3.05) is 18.6 Å². The van der Waals surface area contributed by atoms with E-state index in [1.54, 1.807) is 0 Å². The lowest BCUT2D eigenvalue weighted by Crippen LogP contribution is -2.18. The van der Waals surface area contributed by atoms with Crippen molar-refractivity contribution in [1.82, 2.24) is 9.97 Å². The molecule has 3 N–H and O–H groups in total. The second-order valence-electron chi connectivity index (χ2n) is 3.69. The number of aromatic nitrogens is 2. The van der Waals surface area contributed by atoms with E-state index in [9.17, 15) is 13.2 Å². The fraction of sp³-hybridized carbons (Fsp3) is 0.400. The topological polar surface area (TPSA) is 73.1 Å². The van der Waals surface area contributed by atoms with Gasteiger partial charge in [0.15, 0.2) is 5.82 Å². The van der Waals surface area contributed by atoms with Crippen molar-refractivity contribution in [3.8, 4) is 0 Å². The number of hydrogen-bond donors (Lipinski definition) is 2. The Morgan fingerprint density at radius 1 is 1.37 bits per heavy atom. The van der Waals surface area contributed by atoms with Crippen LogP contribution in [0, 0.1) is 0 Å². The molecule has 5 nitrogen and oxygen atoms in total. The van der Waals surface area contributed by atoms with E-state index in [1.165, 1.54) is 11.3 Å². The van der Waals surface area contributed by atoms with Crippen molar-refractivity contribution in [3.05, 3.63) is 17.3 Å². The third-order valence-electron chi connectivity index (χ3n) is 2.24. The molecule has 0 aromatic carbocycles. The molecule has 0 aliphatic carbocycles. The molecule has 2 heterocycles. The number of alkyl halides is 3. The number of hydrogen-bond acceptors (Lipinski definition) is 6. The first-order chi connectivity index (χ1) is 8.99. The second kappa shape index (κ2) is 5.68. The van der Waals surface area contributed by atoms with Crippen LogP contribution in [0.5, 0.6) is 0 Å². The Morgan fingerprint density at radius 2 is 2.16 bits per heavy atom. The summed E-state index contributed by atoms with van der Waals surface area (Å²) in [4.78, 5) is 9.08. The lowest BCUT2D eigenvalue weighted by atomic mass is 10.3. The lowest BCUT2D eigenvalue weighted by molar-refractivity contribution is -0.173. The molecule has 19 heavy (non-hydrogen) atoms. The van der Waals surface area contributed by atoms with Gasteiger partial charge < -0.3 is 10.2 Å². The number of rotatable bonds is 5. The van der Waals surface area contributed by atoms with Crippen LogP contribution in [-0.4, -0.2) is 29.4 Å². The zero-order valence-electron chi connectivity index (χ0n) is 9.70. The number of anilines is 1. The summed E-state index contributed by atoms with van der Waals surface area (Å²) in [5, 5.41) is 2.62. The standard InChI is InChI=1S/C10H11F3N4OS/c11-10(12,13)5-18-3-1-7-15-8(17-14)6-2-4-19-9(6)16-7/h2,4H,1,3,5,14H2,(H,15,16,17). The van der Waals surface area contributed by atoms with Crippen LogP contribution in [0.1, 0.15) is 5.82 Å². The van der Waals surface area contributed by atoms with Crippen LogP contribution in [-0.2, 0) is 11.2 Å². The Bertz CT molecular complexity index is 557. The highest BCUT2D eigenvalue weighted by Gasteiger charge is 2.27. The van der Waals surface area contributed by atoms with Crippen molar-refractivity contribution < 1.29 is 17.9 Å². The molecule has 0 unspecified atom stereocenters. The van der Waals surface area contributed by atoms with Crippen LogP contribution in [0.3, 0.4) is 0 Å². The van der Waals surface area contributed by atoms with Crippen LogP contribution >= 0.6 is 11.3 Å². The Labute approximate surface area is 110 Å². The molecule has 0 aliphatic heterocycles. The molecule has 2 rings (SSSR count). The molecule has 0 fully saturated rings. The van der Waals surface area contributed by atoms with Crippen molar-refractivity contribution in [2.24, 2.45) is 5.84 Å². The highest BCUT2D eigenvalue weighted by Crippen LogP contribution is 2.24. The van der Waals surface area contributed by atoms with Gasteiger partial charge in [0.2, 0.25) is 0 Å². The first-order valence-electron chi connectivity index (χ1n) is 5.35. The van der Waals surface area contributed by atoms with E-state index in [-0.39, 0.29) is 13.0 Å². The molecule has 2 aromatic heterocycles. The Hall–Kier alpha value is -1.45. The minimum Gasteiger partial charge on any atom is -0.372 e. The third-order valence-corrected chi connectivity index (χ3v) is 3.05. The fourth-order valence-corrected chi connectivity index (χ4v) is 2.26. The molecule has 0 saturated carbocycles. The van der Waals surface area contributed by atoms with Gasteiger partial charge in [-0.2, -0.15) is 13.2 Å². The summed E-state index contributed by atoms with van der Waals surface area (Å²) in [5.74, 6) is 6.19. The van der Waals surface area contributed by atoms with Crippen molar-refractivity contribution in [3.63, 3.8) is 0 Å². The largest absolute Gasteiger partial charge is 0.411 e. The minimum absolute atomic E-state index is 0.0968. The van der Waals surface area contributed by atoms with Gasteiger partial charge in [0.05, 0.1) is 12.0 Å². The molecular formula is C10H11F3N4OS. The zero-order chi connectivity index (χ0) is 13.9. The fourth-order valence-electron chi connectivity index (χ4n) is 1.47. The molecule has 2 aromatic rings. The number of fused-ring (bicyclic) bond motifs is 1. The summed E-state index contributed by atoms with van der Waals surface area (Å²) in [6, 6.07) is 1.82. The van der Waals surface area contributed by atoms with E-state index in [0.29, 0.717) is 11.6 Å². The maximum Gasteiger partial charge on any atom is 0.411 e. The van der Waals surface area contributed by atoms with E-state index >= 15 is 0 Å². The molecule has 0 saturated heterocycles. The summed E-state index contributed by atoms with van der Waals surface area (Å²) in [7, 11) is 0. The van der Waals surface area contributed by atoms with Crippen molar-refractivity contribution in [1.29, 1.82) is 0 Å². The molecule has 104 valence electrons. The molecule has 0 amide bonds. The summed E-state index contributed by atoms with van der Waals surface area (Å²) in [6.45, 7) is -1.36. The van der Waals surface area contributed by atoms with Gasteiger partial charge in [-0.05, 0) is 11.4 Å². The number of ether oxygens (including phenoxy) is 1. The van der Waals surface area contributed by atoms with E-state index in [1.807, 2.05) is 11.4 Å². The number of halogens is 3. The smallest absolute Gasteiger partial charge is 0.372 e. The van der Waals surface area contributed by atoms with Crippen LogP contribution in [0.4, 0.5) is 19.0 Å². The Balaban J connectivity index is 2.01. The first-order valence-corrected chi connectivity index (χ1v) is 6.23. The van der Waals surface area contributed by atoms with E-state index < -0.39 is 12.8 Å². The number of nitrogens with two attached hydrogens (primary N) is 1. The summed E-state index contributed by atoms with van der Waals surface area (Å²) in [5.41, 5.74) is 2.45. The first kappa shape index (κ1) is 14.0. The molecule has 9 heteroatoms. The van der Waals surface area contributed by atoms with Gasteiger partial charge in [0.25, 0.3) is 0 Å². The molecular weight excluding hydrogens is 281 g/mol. The number of nitrogens with zero attached hydrogens (tertiary/aromatic N) is 2. The lowest BCUT2D eigenvalue weighted by Gasteiger charge is -2.08. The maximum absolute atomic E-state index is 11.9. The van der Waals surface area contributed by atoms with Crippen molar-refractivity contribution in [2.45, 2.75) is 12.6 Å². The minimum atomic E-state index is -4.32. The highest BCUT2D eigenvalue weighted by atomic mass is 32.1. The van der Waals surface area contributed by atoms with Gasteiger partial charge in [-0.15, -0.1) is 11.3 Å². The average molecular weight is 292 g/mol. The number of thiophene rings is 1. The number of hydrazine groups is 1. The van der Waals surface area contributed by atoms with Gasteiger partial charge in [-0.25, -0.2) is 15.8 Å². The average Bonchev–Trinajstić information content (AvgIpc) is 2.80. The van der Waals surface area contributed by atoms with Crippen LogP contribution in [0.2, 0.25) is 0 Å². The molecule has 0 atom stereocenters. The Kier molecular flexibility index (Phi) is 4.17. The predicted octanol–water partition coefficient (Wildman–Crippen LogP) is 2.10. The second-order valence-corrected chi connectivity index (χ2v) is 4.58. The quantitative estimate of drug-likeness (QED) is 0.501. The molecule has 0 aliphatic rings. The van der Waals surface area contributed by atoms with Crippen LogP contribution in [0.25, 0.3) is 10.2 Å². The van der Waals surface area contributed by atoms with Gasteiger partial charge in [-0.1, -0.05) is 0 Å². The molecule has 0 spiro atoms. The van der Waals surface area contributed by atoms with Gasteiger partial charge >= 0.3 is 6.18 Å². The monoisotopic (exact) mass is 292 g/mol. The van der Waals surface area contributed by atoms with E-state index in [0.717, 1.165) is 10.2 Å². The summed E-state index contributed by atoms with van der Waals surface area (Å²) < 4.78 is 40.2. The third kappa shape index (κ3) is 3.75. The number of nitrogens with one attached hydrogen (secondary N) is 1. The normalized spacial score (nSPS) is 12.0. The van der Waals surface area contributed by atoms with Crippen molar-refractivity contribution >= 4 is 27.4 Å². The van der Waals surface area contributed by atoms with Gasteiger partial charge in [-0.3, -0.25) is 0 Å². The van der Waals surface area contributed by atoms with E-state index in [2.05, 4.69) is 20.1 Å². The predicted molar refractivity (Wildman–Crippen MR) is 65.8 cm³/mol. The number of nitrogen functional groups attached to an aromatic ring is 1. The zero-order valence-corrected chi connectivity index (χ0v) is 10.5. The SMILES string of the molecule is NNc1nc(CCOCC(F)(F)F)nc2sccc12.